The molecule has 4 nitrogen and oxygen atoms in total. The zero-order chi connectivity index (χ0) is 14.3. The Kier molecular flexibility index (Phi) is 8.29. The first-order valence-corrected chi connectivity index (χ1v) is 5.97. The third-order valence-corrected chi connectivity index (χ3v) is 1.98. The number of nitriles is 1. The minimum atomic E-state index is 0.567. The van der Waals surface area contributed by atoms with E-state index in [4.69, 9.17) is 10.1 Å². The van der Waals surface area contributed by atoms with Crippen LogP contribution in [0.1, 0.15) is 0 Å². The summed E-state index contributed by atoms with van der Waals surface area (Å²) in [4.78, 5) is 4.89. The predicted molar refractivity (Wildman–Crippen MR) is 81.2 cm³/mol. The van der Waals surface area contributed by atoms with Gasteiger partial charge in [0.1, 0.15) is 6.26 Å². The van der Waals surface area contributed by atoms with Gasteiger partial charge in [0.05, 0.1) is 17.9 Å². The summed E-state index contributed by atoms with van der Waals surface area (Å²) in [5.74, 6) is 0. The monoisotopic (exact) mass is 265 g/mol. The van der Waals surface area contributed by atoms with E-state index in [0.717, 1.165) is 0 Å². The van der Waals surface area contributed by atoms with E-state index in [-0.39, 0.29) is 0 Å². The first kappa shape index (κ1) is 15.0. The molecule has 1 N–H and O–H groups in total. The molecular weight excluding hydrogens is 250 g/mol. The molecule has 0 spiro atoms. The third kappa shape index (κ3) is 8.09. The third-order valence-electron chi connectivity index (χ3n) is 1.98. The van der Waals surface area contributed by atoms with Crippen LogP contribution in [0.25, 0.3) is 0 Å². The number of nitrogens with zero attached hydrogens (tertiary/aromatic N) is 2. The highest BCUT2D eigenvalue weighted by molar-refractivity contribution is 5.71. The Bertz CT molecular complexity index is 553. The summed E-state index contributed by atoms with van der Waals surface area (Å²) < 4.78 is 0. The zero-order valence-electron chi connectivity index (χ0n) is 10.9. The maximum absolute atomic E-state index is 8.93. The summed E-state index contributed by atoms with van der Waals surface area (Å²) in [7, 11) is 0. The van der Waals surface area contributed by atoms with Crippen molar-refractivity contribution in [2.45, 2.75) is 0 Å². The summed E-state index contributed by atoms with van der Waals surface area (Å²) >= 11 is 0. The minimum absolute atomic E-state index is 0.567. The van der Waals surface area contributed by atoms with Crippen molar-refractivity contribution in [2.75, 3.05) is 0 Å². The molecular formula is C16H15N3O. The average Bonchev–Trinajstić information content (AvgIpc) is 2.47. The Labute approximate surface area is 118 Å². The van der Waals surface area contributed by atoms with Crippen LogP contribution >= 0.6 is 0 Å². The molecule has 0 saturated carbocycles. The fourth-order valence-corrected chi connectivity index (χ4v) is 1.10. The molecule has 20 heavy (non-hydrogen) atoms. The lowest BCUT2D eigenvalue weighted by Gasteiger charge is -1.93. The van der Waals surface area contributed by atoms with E-state index in [1.807, 2.05) is 36.5 Å². The highest BCUT2D eigenvalue weighted by Crippen LogP contribution is 1.96. The molecule has 0 aliphatic carbocycles. The summed E-state index contributed by atoms with van der Waals surface area (Å²) in [6.45, 7) is 0. The lowest BCUT2D eigenvalue weighted by atomic mass is 10.2. The van der Waals surface area contributed by atoms with Crippen molar-refractivity contribution in [2.24, 2.45) is 5.10 Å². The lowest BCUT2D eigenvalue weighted by molar-refractivity contribution is 0.139. The van der Waals surface area contributed by atoms with E-state index in [1.54, 1.807) is 36.5 Å². The average molecular weight is 265 g/mol. The van der Waals surface area contributed by atoms with Crippen molar-refractivity contribution in [1.29, 1.82) is 5.26 Å². The number of allylic oxidation sites excluding steroid dienone is 13. The Morgan fingerprint density at radius 1 is 0.900 bits per heavy atom. The van der Waals surface area contributed by atoms with Gasteiger partial charge in [0.15, 0.2) is 0 Å². The van der Waals surface area contributed by atoms with Crippen molar-refractivity contribution >= 4 is 6.21 Å². The molecule has 0 aromatic carbocycles. The van der Waals surface area contributed by atoms with Gasteiger partial charge in [-0.1, -0.05) is 48.6 Å². The van der Waals surface area contributed by atoms with E-state index < -0.39 is 0 Å². The van der Waals surface area contributed by atoms with Gasteiger partial charge in [0.25, 0.3) is 0 Å². The molecule has 1 heterocycles. The second kappa shape index (κ2) is 11.1. The van der Waals surface area contributed by atoms with Crippen LogP contribution in [0.3, 0.4) is 0 Å². The molecule has 1 rings (SSSR count). The normalized spacial score (nSPS) is 29.4. The number of hydrogen-bond donors (Lipinski definition) is 1. The van der Waals surface area contributed by atoms with Gasteiger partial charge < -0.3 is 4.84 Å². The van der Waals surface area contributed by atoms with Crippen molar-refractivity contribution in [3.05, 3.63) is 84.7 Å². The molecule has 0 aromatic rings. The highest BCUT2D eigenvalue weighted by Gasteiger charge is 1.83. The Morgan fingerprint density at radius 3 is 2.40 bits per heavy atom. The van der Waals surface area contributed by atoms with Gasteiger partial charge in [-0.3, -0.25) is 0 Å². The molecule has 1 aliphatic heterocycles. The van der Waals surface area contributed by atoms with Gasteiger partial charge >= 0.3 is 0 Å². The van der Waals surface area contributed by atoms with Crippen molar-refractivity contribution in [3.63, 3.8) is 0 Å². The Balaban J connectivity index is 2.78. The Hall–Kier alpha value is -3.06. The number of nitrogens with one attached hydrogen (secondary N) is 1. The smallest absolute Gasteiger partial charge is 0.121 e. The quantitative estimate of drug-likeness (QED) is 0.731. The van der Waals surface area contributed by atoms with Gasteiger partial charge in [-0.05, 0) is 24.3 Å². The first-order valence-electron chi connectivity index (χ1n) is 5.97. The highest BCUT2D eigenvalue weighted by atomic mass is 16.7. The first-order chi connectivity index (χ1) is 9.93. The van der Waals surface area contributed by atoms with E-state index >= 15 is 0 Å². The fraction of sp³-hybridized carbons (Fsp3) is 0. The lowest BCUT2D eigenvalue weighted by Crippen LogP contribution is -2.00. The van der Waals surface area contributed by atoms with Gasteiger partial charge in [-0.25, -0.2) is 0 Å². The van der Waals surface area contributed by atoms with Gasteiger partial charge in [-0.15, -0.1) is 5.59 Å². The van der Waals surface area contributed by atoms with E-state index in [1.165, 1.54) is 12.5 Å². The second-order valence-electron chi connectivity index (χ2n) is 3.45. The fourth-order valence-electron chi connectivity index (χ4n) is 1.10. The van der Waals surface area contributed by atoms with Crippen LogP contribution in [0.15, 0.2) is 89.8 Å². The molecule has 0 bridgehead atoms. The van der Waals surface area contributed by atoms with Crippen molar-refractivity contribution in [1.82, 2.24) is 5.59 Å². The van der Waals surface area contributed by atoms with E-state index in [9.17, 15) is 0 Å². The molecule has 1 aliphatic rings. The topological polar surface area (TPSA) is 57.4 Å². The molecule has 0 unspecified atom stereocenters. The van der Waals surface area contributed by atoms with Gasteiger partial charge in [0.2, 0.25) is 0 Å². The standard InChI is InChI=1S/C16H15N3O/c17-15-16-11-7-4-2-1-3-5-10-14-20-19-18-13-9-6-8-12-16/h1-14,19H/b2-1+,5-3-,7-4+,9-6+,12-8+,14-10+,16-11+,18-13-. The van der Waals surface area contributed by atoms with Crippen LogP contribution in [0.2, 0.25) is 0 Å². The molecule has 0 amide bonds. The van der Waals surface area contributed by atoms with Crippen molar-refractivity contribution < 1.29 is 4.84 Å². The molecule has 4 heteroatoms. The second-order valence-corrected chi connectivity index (χ2v) is 3.45. The maximum atomic E-state index is 8.93. The Morgan fingerprint density at radius 2 is 1.60 bits per heavy atom. The molecule has 100 valence electrons. The van der Waals surface area contributed by atoms with Crippen LogP contribution in [-0.2, 0) is 4.84 Å². The molecule has 0 saturated heterocycles. The molecule has 0 radical (unpaired) electrons. The summed E-state index contributed by atoms with van der Waals surface area (Å²) in [6, 6.07) is 2.10. The maximum Gasteiger partial charge on any atom is 0.121 e. The molecule has 0 aromatic heterocycles. The summed E-state index contributed by atoms with van der Waals surface area (Å²) in [6.07, 6.45) is 24.5. The van der Waals surface area contributed by atoms with Crippen LogP contribution in [-0.4, -0.2) is 6.21 Å². The molecule has 0 fully saturated rings. The summed E-state index contributed by atoms with van der Waals surface area (Å²) in [5, 5.41) is 12.7. The van der Waals surface area contributed by atoms with E-state index in [0.29, 0.717) is 5.57 Å². The SMILES string of the molecule is N#CC1=C/C=C/C=C/C=C\C=C\ON/N=C\C=C\C=C\1. The zero-order valence-corrected chi connectivity index (χ0v) is 10.9. The van der Waals surface area contributed by atoms with Crippen LogP contribution in [0.5, 0.6) is 0 Å². The van der Waals surface area contributed by atoms with Gasteiger partial charge in [0, 0.05) is 0 Å². The summed E-state index contributed by atoms with van der Waals surface area (Å²) in [5.41, 5.74) is 2.96. The van der Waals surface area contributed by atoms with Crippen LogP contribution < -0.4 is 5.59 Å². The number of hydrogen-bond acceptors (Lipinski definition) is 4. The van der Waals surface area contributed by atoms with E-state index in [2.05, 4.69) is 16.8 Å². The van der Waals surface area contributed by atoms with Crippen LogP contribution in [0.4, 0.5) is 0 Å². The number of hydrazone groups is 1. The molecule has 0 atom stereocenters. The largest absolute Gasteiger partial charge is 0.373 e. The van der Waals surface area contributed by atoms with Crippen molar-refractivity contribution in [3.8, 4) is 6.07 Å². The minimum Gasteiger partial charge on any atom is -0.373 e. The number of rotatable bonds is 0. The van der Waals surface area contributed by atoms with Gasteiger partial charge in [-0.2, -0.15) is 10.4 Å². The predicted octanol–water partition coefficient (Wildman–Crippen LogP) is 3.25. The van der Waals surface area contributed by atoms with Crippen LogP contribution in [0, 0.1) is 11.3 Å².